The van der Waals surface area contributed by atoms with Gasteiger partial charge in [-0.25, -0.2) is 4.79 Å². The number of carbonyl (C=O) groups excluding carboxylic acids is 4. The third-order valence-electron chi connectivity index (χ3n) is 4.81. The molecule has 134 valence electrons. The van der Waals surface area contributed by atoms with E-state index in [9.17, 15) is 19.2 Å². The fourth-order valence-corrected chi connectivity index (χ4v) is 3.10. The largest absolute Gasteiger partial charge is 0.454 e. The van der Waals surface area contributed by atoms with Crippen LogP contribution in [0, 0.1) is 0 Å². The van der Waals surface area contributed by atoms with Crippen LogP contribution in [0.3, 0.4) is 0 Å². The van der Waals surface area contributed by atoms with Gasteiger partial charge in [0.2, 0.25) is 0 Å². The van der Waals surface area contributed by atoms with Crippen molar-refractivity contribution >= 4 is 23.8 Å². The van der Waals surface area contributed by atoms with E-state index in [-0.39, 0.29) is 12.5 Å². The van der Waals surface area contributed by atoms with Crippen LogP contribution in [-0.4, -0.2) is 65.4 Å². The summed E-state index contributed by atoms with van der Waals surface area (Å²) in [4.78, 5) is 50.7. The first-order chi connectivity index (χ1) is 11.4. The Morgan fingerprint density at radius 2 is 1.75 bits per heavy atom. The highest BCUT2D eigenvalue weighted by atomic mass is 16.5. The number of piperidine rings is 1. The first-order valence-electron chi connectivity index (χ1n) is 8.51. The molecule has 2 fully saturated rings. The van der Waals surface area contributed by atoms with Gasteiger partial charge < -0.3 is 15.0 Å². The molecule has 2 aliphatic rings. The maximum absolute atomic E-state index is 12.4. The maximum Gasteiger partial charge on any atom is 0.326 e. The Morgan fingerprint density at radius 1 is 1.12 bits per heavy atom. The minimum absolute atomic E-state index is 0.239. The van der Waals surface area contributed by atoms with Crippen LogP contribution in [0.1, 0.15) is 46.0 Å². The SMILES string of the molecule is CCC1(CC)NC(=O)N(CC(=O)OCC(=O)N2CCCCC2)C1=O. The lowest BCUT2D eigenvalue weighted by atomic mass is 9.93. The number of ether oxygens (including phenoxy) is 1. The topological polar surface area (TPSA) is 96.0 Å². The second kappa shape index (κ2) is 7.63. The van der Waals surface area contributed by atoms with Gasteiger partial charge in [0.05, 0.1) is 0 Å². The predicted molar refractivity (Wildman–Crippen MR) is 84.9 cm³/mol. The Kier molecular flexibility index (Phi) is 5.80. The first-order valence-corrected chi connectivity index (χ1v) is 8.51. The lowest BCUT2D eigenvalue weighted by Gasteiger charge is -2.26. The van der Waals surface area contributed by atoms with Gasteiger partial charge in [0.15, 0.2) is 6.61 Å². The van der Waals surface area contributed by atoms with E-state index in [2.05, 4.69) is 5.32 Å². The van der Waals surface area contributed by atoms with Crippen LogP contribution < -0.4 is 5.32 Å². The van der Waals surface area contributed by atoms with Crippen molar-refractivity contribution in [3.63, 3.8) is 0 Å². The number of urea groups is 1. The van der Waals surface area contributed by atoms with Crippen LogP contribution >= 0.6 is 0 Å². The Labute approximate surface area is 141 Å². The van der Waals surface area contributed by atoms with E-state index in [1.54, 1.807) is 18.7 Å². The predicted octanol–water partition coefficient (Wildman–Crippen LogP) is 0.653. The van der Waals surface area contributed by atoms with E-state index < -0.39 is 30.0 Å². The molecule has 24 heavy (non-hydrogen) atoms. The van der Waals surface area contributed by atoms with E-state index in [1.807, 2.05) is 0 Å². The molecule has 0 bridgehead atoms. The average molecular weight is 339 g/mol. The summed E-state index contributed by atoms with van der Waals surface area (Å²) in [6.07, 6.45) is 3.92. The number of amides is 4. The zero-order valence-corrected chi connectivity index (χ0v) is 14.3. The van der Waals surface area contributed by atoms with Crippen LogP contribution in [0.4, 0.5) is 4.79 Å². The van der Waals surface area contributed by atoms with Gasteiger partial charge in [-0.05, 0) is 32.1 Å². The van der Waals surface area contributed by atoms with Crippen LogP contribution in [0.25, 0.3) is 0 Å². The van der Waals surface area contributed by atoms with Crippen LogP contribution in [0.2, 0.25) is 0 Å². The van der Waals surface area contributed by atoms with Crippen molar-refractivity contribution in [3.05, 3.63) is 0 Å². The molecule has 2 rings (SSSR count). The summed E-state index contributed by atoms with van der Waals surface area (Å²) in [5.74, 6) is -1.42. The van der Waals surface area contributed by atoms with Gasteiger partial charge in [-0.15, -0.1) is 0 Å². The molecule has 0 spiro atoms. The number of hydrogen-bond acceptors (Lipinski definition) is 5. The highest BCUT2D eigenvalue weighted by molar-refractivity contribution is 6.08. The maximum atomic E-state index is 12.4. The monoisotopic (exact) mass is 339 g/mol. The van der Waals surface area contributed by atoms with Crippen molar-refractivity contribution in [2.45, 2.75) is 51.5 Å². The minimum atomic E-state index is -0.943. The number of esters is 1. The summed E-state index contributed by atoms with van der Waals surface area (Å²) in [6, 6.07) is -0.594. The zero-order chi connectivity index (χ0) is 17.7. The normalized spacial score (nSPS) is 20.1. The number of carbonyl (C=O) groups is 4. The second-order valence-corrected chi connectivity index (χ2v) is 6.21. The Balaban J connectivity index is 1.85. The van der Waals surface area contributed by atoms with Gasteiger partial charge in [0.25, 0.3) is 11.8 Å². The fourth-order valence-electron chi connectivity index (χ4n) is 3.10. The van der Waals surface area contributed by atoms with Gasteiger partial charge in [-0.1, -0.05) is 13.8 Å². The van der Waals surface area contributed by atoms with Gasteiger partial charge in [-0.3, -0.25) is 19.3 Å². The summed E-state index contributed by atoms with van der Waals surface area (Å²) in [6.45, 7) is 4.15. The fraction of sp³-hybridized carbons (Fsp3) is 0.750. The van der Waals surface area contributed by atoms with Gasteiger partial charge >= 0.3 is 12.0 Å². The molecule has 0 aromatic carbocycles. The second-order valence-electron chi connectivity index (χ2n) is 6.21. The van der Waals surface area contributed by atoms with Crippen molar-refractivity contribution in [2.24, 2.45) is 0 Å². The standard InChI is InChI=1S/C16H25N3O5/c1-3-16(4-2)14(22)19(15(23)17-16)10-13(21)24-11-12(20)18-8-6-5-7-9-18/h3-11H2,1-2H3,(H,17,23). The summed E-state index contributed by atoms with van der Waals surface area (Å²) < 4.78 is 4.95. The number of nitrogens with zero attached hydrogens (tertiary/aromatic N) is 2. The van der Waals surface area contributed by atoms with Crippen LogP contribution in [0.5, 0.6) is 0 Å². The molecule has 2 aliphatic heterocycles. The number of nitrogens with one attached hydrogen (secondary N) is 1. The molecule has 0 aliphatic carbocycles. The Hall–Kier alpha value is -2.12. The molecule has 8 nitrogen and oxygen atoms in total. The van der Waals surface area contributed by atoms with Gasteiger partial charge in [0, 0.05) is 13.1 Å². The van der Waals surface area contributed by atoms with E-state index in [0.29, 0.717) is 25.9 Å². The smallest absolute Gasteiger partial charge is 0.326 e. The van der Waals surface area contributed by atoms with Gasteiger partial charge in [0.1, 0.15) is 12.1 Å². The van der Waals surface area contributed by atoms with Crippen molar-refractivity contribution < 1.29 is 23.9 Å². The Morgan fingerprint density at radius 3 is 2.29 bits per heavy atom. The zero-order valence-electron chi connectivity index (χ0n) is 14.3. The van der Waals surface area contributed by atoms with Crippen molar-refractivity contribution in [1.29, 1.82) is 0 Å². The van der Waals surface area contributed by atoms with Crippen LogP contribution in [-0.2, 0) is 19.1 Å². The molecule has 2 heterocycles. The summed E-state index contributed by atoms with van der Waals surface area (Å²) >= 11 is 0. The van der Waals surface area contributed by atoms with Crippen LogP contribution in [0.15, 0.2) is 0 Å². The molecule has 0 radical (unpaired) electrons. The lowest BCUT2D eigenvalue weighted by molar-refractivity contribution is -0.154. The highest BCUT2D eigenvalue weighted by Gasteiger charge is 2.49. The molecule has 1 N–H and O–H groups in total. The third-order valence-corrected chi connectivity index (χ3v) is 4.81. The van der Waals surface area contributed by atoms with Crippen molar-refractivity contribution in [3.8, 4) is 0 Å². The molecular formula is C16H25N3O5. The number of hydrogen-bond donors (Lipinski definition) is 1. The first kappa shape index (κ1) is 18.2. The molecule has 0 atom stereocenters. The summed E-state index contributed by atoms with van der Waals surface area (Å²) in [5, 5.41) is 2.64. The molecule has 0 aromatic heterocycles. The minimum Gasteiger partial charge on any atom is -0.454 e. The summed E-state index contributed by atoms with van der Waals surface area (Å²) in [5.41, 5.74) is -0.943. The van der Waals surface area contributed by atoms with Gasteiger partial charge in [-0.2, -0.15) is 0 Å². The molecule has 0 aromatic rings. The quantitative estimate of drug-likeness (QED) is 0.566. The van der Waals surface area contributed by atoms with E-state index >= 15 is 0 Å². The number of rotatable bonds is 6. The molecule has 4 amide bonds. The van der Waals surface area contributed by atoms with Crippen molar-refractivity contribution in [1.82, 2.24) is 15.1 Å². The van der Waals surface area contributed by atoms with E-state index in [1.165, 1.54) is 0 Å². The molecule has 0 saturated carbocycles. The van der Waals surface area contributed by atoms with Crippen molar-refractivity contribution in [2.75, 3.05) is 26.2 Å². The molecule has 2 saturated heterocycles. The van der Waals surface area contributed by atoms with E-state index in [0.717, 1.165) is 24.2 Å². The average Bonchev–Trinajstić information content (AvgIpc) is 2.85. The Bertz CT molecular complexity index is 524. The summed E-state index contributed by atoms with van der Waals surface area (Å²) in [7, 11) is 0. The molecule has 0 unspecified atom stereocenters. The number of likely N-dealkylation sites (tertiary alicyclic amines) is 1. The lowest BCUT2D eigenvalue weighted by Crippen LogP contribution is -2.46. The third kappa shape index (κ3) is 3.68. The highest BCUT2D eigenvalue weighted by Crippen LogP contribution is 2.24. The number of imide groups is 1. The molecular weight excluding hydrogens is 314 g/mol. The van der Waals surface area contributed by atoms with E-state index in [4.69, 9.17) is 4.74 Å². The molecule has 8 heteroatoms.